The number of anilines is 1. The number of hydrogen-bond acceptors (Lipinski definition) is 5. The van der Waals surface area contributed by atoms with E-state index in [2.05, 4.69) is 34.1 Å². The Labute approximate surface area is 159 Å². The molecule has 2 N–H and O–H groups in total. The minimum Gasteiger partial charge on any atom is -0.497 e. The molecule has 2 aromatic rings. The van der Waals surface area contributed by atoms with Gasteiger partial charge < -0.3 is 9.64 Å². The summed E-state index contributed by atoms with van der Waals surface area (Å²) in [5, 5.41) is 8.49. The highest BCUT2D eigenvalue weighted by Gasteiger charge is 2.17. The molecule has 0 spiro atoms. The molecule has 0 unspecified atom stereocenters. The van der Waals surface area contributed by atoms with E-state index in [-0.39, 0.29) is 0 Å². The SMILES string of the molecule is COc1ccc(N2CCN(Cc3ccc(C=CC(=O)NO)cc3)CC2)cc1. The molecule has 6 nitrogen and oxygen atoms in total. The van der Waals surface area contributed by atoms with E-state index in [9.17, 15) is 4.79 Å². The maximum atomic E-state index is 11.0. The van der Waals surface area contributed by atoms with Crippen LogP contribution in [0.25, 0.3) is 6.08 Å². The van der Waals surface area contributed by atoms with Crippen LogP contribution in [-0.2, 0) is 11.3 Å². The maximum absolute atomic E-state index is 11.0. The summed E-state index contributed by atoms with van der Waals surface area (Å²) in [6.07, 6.45) is 2.97. The second kappa shape index (κ2) is 9.21. The smallest absolute Gasteiger partial charge is 0.267 e. The molecule has 1 heterocycles. The summed E-state index contributed by atoms with van der Waals surface area (Å²) in [6, 6.07) is 16.3. The average molecular weight is 367 g/mol. The lowest BCUT2D eigenvalue weighted by atomic mass is 10.1. The van der Waals surface area contributed by atoms with Gasteiger partial charge in [-0.2, -0.15) is 0 Å². The second-order valence-corrected chi connectivity index (χ2v) is 6.51. The van der Waals surface area contributed by atoms with E-state index in [0.29, 0.717) is 0 Å². The van der Waals surface area contributed by atoms with Crippen molar-refractivity contribution in [1.29, 1.82) is 0 Å². The third kappa shape index (κ3) is 5.32. The molecule has 142 valence electrons. The van der Waals surface area contributed by atoms with Crippen molar-refractivity contribution in [2.75, 3.05) is 38.2 Å². The van der Waals surface area contributed by atoms with Crippen molar-refractivity contribution in [1.82, 2.24) is 10.4 Å². The first-order chi connectivity index (χ1) is 13.2. The molecule has 0 saturated carbocycles. The topological polar surface area (TPSA) is 65.0 Å². The maximum Gasteiger partial charge on any atom is 0.267 e. The number of nitrogens with one attached hydrogen (secondary N) is 1. The Bertz CT molecular complexity index is 764. The molecule has 1 fully saturated rings. The number of benzene rings is 2. The predicted molar refractivity (Wildman–Crippen MR) is 106 cm³/mol. The van der Waals surface area contributed by atoms with Gasteiger partial charge in [-0.05, 0) is 41.5 Å². The molecule has 0 atom stereocenters. The highest BCUT2D eigenvalue weighted by Crippen LogP contribution is 2.21. The highest BCUT2D eigenvalue weighted by atomic mass is 16.5. The Hall–Kier alpha value is -2.83. The molecule has 0 bridgehead atoms. The molecular weight excluding hydrogens is 342 g/mol. The quantitative estimate of drug-likeness (QED) is 0.467. The van der Waals surface area contributed by atoms with Crippen molar-refractivity contribution in [3.8, 4) is 5.75 Å². The second-order valence-electron chi connectivity index (χ2n) is 6.51. The molecule has 2 aromatic carbocycles. The van der Waals surface area contributed by atoms with Gasteiger partial charge in [-0.3, -0.25) is 14.9 Å². The summed E-state index contributed by atoms with van der Waals surface area (Å²) in [6.45, 7) is 4.96. The molecule has 1 amide bonds. The summed E-state index contributed by atoms with van der Waals surface area (Å²) < 4.78 is 5.22. The van der Waals surface area contributed by atoms with Gasteiger partial charge in [0.05, 0.1) is 7.11 Å². The predicted octanol–water partition coefficient (Wildman–Crippen LogP) is 2.54. The first kappa shape index (κ1) is 18.9. The zero-order valence-corrected chi connectivity index (χ0v) is 15.5. The number of hydroxylamine groups is 1. The van der Waals surface area contributed by atoms with Gasteiger partial charge in [0.25, 0.3) is 5.91 Å². The van der Waals surface area contributed by atoms with E-state index in [1.807, 2.05) is 24.3 Å². The first-order valence-corrected chi connectivity index (χ1v) is 9.00. The molecule has 6 heteroatoms. The summed E-state index contributed by atoms with van der Waals surface area (Å²) >= 11 is 0. The van der Waals surface area contributed by atoms with E-state index in [1.165, 1.54) is 17.3 Å². The van der Waals surface area contributed by atoms with Crippen LogP contribution in [-0.4, -0.2) is 49.3 Å². The van der Waals surface area contributed by atoms with Crippen molar-refractivity contribution in [3.63, 3.8) is 0 Å². The molecule has 0 radical (unpaired) electrons. The Balaban J connectivity index is 1.50. The largest absolute Gasteiger partial charge is 0.497 e. The van der Waals surface area contributed by atoms with Crippen LogP contribution in [0.5, 0.6) is 5.75 Å². The van der Waals surface area contributed by atoms with Crippen LogP contribution in [0.1, 0.15) is 11.1 Å². The van der Waals surface area contributed by atoms with Crippen LogP contribution in [0.4, 0.5) is 5.69 Å². The molecule has 27 heavy (non-hydrogen) atoms. The number of carbonyl (C=O) groups excluding carboxylic acids is 1. The van der Waals surface area contributed by atoms with E-state index < -0.39 is 5.91 Å². The van der Waals surface area contributed by atoms with Crippen molar-refractivity contribution in [2.45, 2.75) is 6.54 Å². The molecular formula is C21H25N3O3. The lowest BCUT2D eigenvalue weighted by Crippen LogP contribution is -2.45. The van der Waals surface area contributed by atoms with Crippen LogP contribution in [0.15, 0.2) is 54.6 Å². The first-order valence-electron chi connectivity index (χ1n) is 9.00. The van der Waals surface area contributed by atoms with E-state index >= 15 is 0 Å². The minimum atomic E-state index is -0.534. The molecule has 3 rings (SSSR count). The number of amides is 1. The van der Waals surface area contributed by atoms with Crippen LogP contribution >= 0.6 is 0 Å². The van der Waals surface area contributed by atoms with E-state index in [1.54, 1.807) is 18.7 Å². The van der Waals surface area contributed by atoms with Gasteiger partial charge in [0, 0.05) is 44.5 Å². The van der Waals surface area contributed by atoms with Gasteiger partial charge in [-0.15, -0.1) is 0 Å². The highest BCUT2D eigenvalue weighted by molar-refractivity contribution is 5.90. The minimum absolute atomic E-state index is 0.534. The Morgan fingerprint density at radius 1 is 1.07 bits per heavy atom. The molecule has 0 aliphatic carbocycles. The fraction of sp³-hybridized carbons (Fsp3) is 0.286. The standard InChI is InChI=1S/C21H25N3O3/c1-27-20-9-7-19(8-10-20)24-14-12-23(13-15-24)16-18-4-2-17(3-5-18)6-11-21(25)22-26/h2-11,26H,12-16H2,1H3,(H,22,25). The summed E-state index contributed by atoms with van der Waals surface area (Å²) in [7, 11) is 1.68. The monoisotopic (exact) mass is 367 g/mol. The number of nitrogens with zero attached hydrogens (tertiary/aromatic N) is 2. The number of methoxy groups -OCH3 is 1. The number of ether oxygens (including phenoxy) is 1. The van der Waals surface area contributed by atoms with Crippen molar-refractivity contribution in [2.24, 2.45) is 0 Å². The molecule has 1 aliphatic rings. The summed E-state index contributed by atoms with van der Waals surface area (Å²) in [4.78, 5) is 15.9. The zero-order chi connectivity index (χ0) is 19.1. The van der Waals surface area contributed by atoms with Crippen LogP contribution in [0.3, 0.4) is 0 Å². The number of rotatable bonds is 6. The summed E-state index contributed by atoms with van der Waals surface area (Å²) in [5.41, 5.74) is 4.98. The van der Waals surface area contributed by atoms with Crippen LogP contribution in [0, 0.1) is 0 Å². The van der Waals surface area contributed by atoms with Crippen molar-refractivity contribution in [3.05, 3.63) is 65.7 Å². The Morgan fingerprint density at radius 2 is 1.74 bits per heavy atom. The van der Waals surface area contributed by atoms with Gasteiger partial charge >= 0.3 is 0 Å². The third-order valence-corrected chi connectivity index (χ3v) is 4.73. The summed E-state index contributed by atoms with van der Waals surface area (Å²) in [5.74, 6) is 0.349. The lowest BCUT2D eigenvalue weighted by Gasteiger charge is -2.36. The Kier molecular flexibility index (Phi) is 6.46. The van der Waals surface area contributed by atoms with Crippen molar-refractivity contribution >= 4 is 17.7 Å². The van der Waals surface area contributed by atoms with Gasteiger partial charge in [0.1, 0.15) is 5.75 Å². The third-order valence-electron chi connectivity index (χ3n) is 4.73. The molecule has 1 saturated heterocycles. The van der Waals surface area contributed by atoms with Crippen LogP contribution < -0.4 is 15.1 Å². The normalized spacial score (nSPS) is 15.1. The fourth-order valence-corrected chi connectivity index (χ4v) is 3.16. The number of piperazine rings is 1. The van der Waals surface area contributed by atoms with Gasteiger partial charge in [-0.1, -0.05) is 24.3 Å². The van der Waals surface area contributed by atoms with Gasteiger partial charge in [-0.25, -0.2) is 5.48 Å². The van der Waals surface area contributed by atoms with Crippen molar-refractivity contribution < 1.29 is 14.7 Å². The molecule has 0 aromatic heterocycles. The Morgan fingerprint density at radius 3 is 2.33 bits per heavy atom. The number of hydrogen-bond donors (Lipinski definition) is 2. The van der Waals surface area contributed by atoms with Crippen LogP contribution in [0.2, 0.25) is 0 Å². The van der Waals surface area contributed by atoms with E-state index in [0.717, 1.165) is 44.0 Å². The van der Waals surface area contributed by atoms with E-state index in [4.69, 9.17) is 9.94 Å². The van der Waals surface area contributed by atoms with Gasteiger partial charge in [0.2, 0.25) is 0 Å². The zero-order valence-electron chi connectivity index (χ0n) is 15.5. The van der Waals surface area contributed by atoms with Gasteiger partial charge in [0.15, 0.2) is 0 Å². The number of carbonyl (C=O) groups is 1. The average Bonchev–Trinajstić information content (AvgIpc) is 2.73. The fourth-order valence-electron chi connectivity index (χ4n) is 3.16. The lowest BCUT2D eigenvalue weighted by molar-refractivity contribution is -0.124. The molecule has 1 aliphatic heterocycles.